The molecule has 0 aliphatic rings. The van der Waals surface area contributed by atoms with E-state index in [1.807, 2.05) is 6.07 Å². The van der Waals surface area contributed by atoms with E-state index in [1.54, 1.807) is 6.92 Å². The maximum atomic E-state index is 13.0. The number of hydrogen-bond donors (Lipinski definition) is 1. The molecule has 0 radical (unpaired) electrons. The van der Waals surface area contributed by atoms with Gasteiger partial charge in [-0.2, -0.15) is 5.26 Å². The van der Waals surface area contributed by atoms with Gasteiger partial charge in [0, 0.05) is 12.8 Å². The molecule has 5 nitrogen and oxygen atoms in total. The summed E-state index contributed by atoms with van der Waals surface area (Å²) in [6.45, 7) is 4.04. The number of halogens is 1. The SMILES string of the molecule is CCCCCCn1c(O)c(C=Nc2ccc(F)cc2)c(C)c(C#N)c1=O. The third kappa shape index (κ3) is 4.37. The molecule has 1 aromatic heterocycles. The smallest absolute Gasteiger partial charge is 0.271 e. The molecule has 2 rings (SSSR count). The average Bonchev–Trinajstić information content (AvgIpc) is 2.63. The molecule has 1 N–H and O–H groups in total. The van der Waals surface area contributed by atoms with Crippen molar-refractivity contribution in [1.82, 2.24) is 4.57 Å². The van der Waals surface area contributed by atoms with Gasteiger partial charge >= 0.3 is 0 Å². The quantitative estimate of drug-likeness (QED) is 0.597. The lowest BCUT2D eigenvalue weighted by molar-refractivity contribution is 0.397. The number of rotatable bonds is 7. The summed E-state index contributed by atoms with van der Waals surface area (Å²) < 4.78 is 14.2. The molecule has 0 aliphatic carbocycles. The van der Waals surface area contributed by atoms with Gasteiger partial charge < -0.3 is 5.11 Å². The maximum Gasteiger partial charge on any atom is 0.271 e. The molecule has 26 heavy (non-hydrogen) atoms. The van der Waals surface area contributed by atoms with Crippen LogP contribution in [-0.4, -0.2) is 15.9 Å². The molecule has 0 spiro atoms. The van der Waals surface area contributed by atoms with Crippen molar-refractivity contribution in [1.29, 1.82) is 5.26 Å². The van der Waals surface area contributed by atoms with Crippen LogP contribution in [0.4, 0.5) is 10.1 Å². The minimum atomic E-state index is -0.488. The number of pyridine rings is 1. The zero-order chi connectivity index (χ0) is 19.1. The van der Waals surface area contributed by atoms with Gasteiger partial charge in [0.1, 0.15) is 17.4 Å². The highest BCUT2D eigenvalue weighted by Gasteiger charge is 2.17. The van der Waals surface area contributed by atoms with Gasteiger partial charge in [-0.25, -0.2) is 4.39 Å². The van der Waals surface area contributed by atoms with Gasteiger partial charge in [0.05, 0.1) is 11.3 Å². The summed E-state index contributed by atoms with van der Waals surface area (Å²) in [4.78, 5) is 16.7. The highest BCUT2D eigenvalue weighted by Crippen LogP contribution is 2.22. The summed E-state index contributed by atoms with van der Waals surface area (Å²) in [5, 5.41) is 19.9. The third-order valence-corrected chi connectivity index (χ3v) is 4.25. The van der Waals surface area contributed by atoms with E-state index in [0.29, 0.717) is 23.4 Å². The number of nitriles is 1. The second-order valence-electron chi connectivity index (χ2n) is 6.10. The first-order valence-electron chi connectivity index (χ1n) is 8.65. The molecule has 2 aromatic rings. The first-order chi connectivity index (χ1) is 12.5. The van der Waals surface area contributed by atoms with E-state index in [4.69, 9.17) is 0 Å². The summed E-state index contributed by atoms with van der Waals surface area (Å²) >= 11 is 0. The van der Waals surface area contributed by atoms with Crippen LogP contribution in [0.5, 0.6) is 5.88 Å². The molecule has 6 heteroatoms. The Hall–Kier alpha value is -2.94. The monoisotopic (exact) mass is 355 g/mol. The minimum absolute atomic E-state index is 0.00107. The maximum absolute atomic E-state index is 13.0. The van der Waals surface area contributed by atoms with Crippen molar-refractivity contribution >= 4 is 11.9 Å². The Balaban J connectivity index is 2.42. The molecular weight excluding hydrogens is 333 g/mol. The number of benzene rings is 1. The predicted molar refractivity (Wildman–Crippen MR) is 99.6 cm³/mol. The first kappa shape index (κ1) is 19.4. The van der Waals surface area contributed by atoms with Crippen molar-refractivity contribution in [3.8, 4) is 11.9 Å². The van der Waals surface area contributed by atoms with E-state index in [2.05, 4.69) is 11.9 Å². The fourth-order valence-electron chi connectivity index (χ4n) is 2.70. The number of aromatic nitrogens is 1. The molecule has 1 heterocycles. The molecule has 0 atom stereocenters. The number of hydrogen-bond acceptors (Lipinski definition) is 4. The van der Waals surface area contributed by atoms with Gasteiger partial charge in [-0.15, -0.1) is 0 Å². The molecule has 0 unspecified atom stereocenters. The van der Waals surface area contributed by atoms with Crippen LogP contribution in [0.15, 0.2) is 34.1 Å². The lowest BCUT2D eigenvalue weighted by atomic mass is 10.1. The molecule has 0 saturated carbocycles. The molecule has 1 aromatic carbocycles. The topological polar surface area (TPSA) is 78.4 Å². The van der Waals surface area contributed by atoms with Gasteiger partial charge in [-0.3, -0.25) is 14.4 Å². The van der Waals surface area contributed by atoms with Crippen molar-refractivity contribution in [2.45, 2.75) is 46.1 Å². The lowest BCUT2D eigenvalue weighted by Gasteiger charge is -2.13. The zero-order valence-corrected chi connectivity index (χ0v) is 15.0. The van der Waals surface area contributed by atoms with Gasteiger partial charge in [0.15, 0.2) is 0 Å². The van der Waals surface area contributed by atoms with Crippen LogP contribution in [0.3, 0.4) is 0 Å². The standard InChI is InChI=1S/C20H22FN3O2/c1-3-4-5-6-11-24-19(25)17(12-22)14(2)18(20(24)26)13-23-16-9-7-15(21)8-10-16/h7-10,13,26H,3-6,11H2,1-2H3. The van der Waals surface area contributed by atoms with Crippen LogP contribution < -0.4 is 5.56 Å². The molecular formula is C20H22FN3O2. The molecule has 0 amide bonds. The van der Waals surface area contributed by atoms with E-state index >= 15 is 0 Å². The molecule has 0 aliphatic heterocycles. The first-order valence-corrected chi connectivity index (χ1v) is 8.65. The Morgan fingerprint density at radius 1 is 1.27 bits per heavy atom. The van der Waals surface area contributed by atoms with Gasteiger partial charge in [0.25, 0.3) is 5.56 Å². The van der Waals surface area contributed by atoms with Crippen LogP contribution >= 0.6 is 0 Å². The van der Waals surface area contributed by atoms with Gasteiger partial charge in [0.2, 0.25) is 5.88 Å². The highest BCUT2D eigenvalue weighted by molar-refractivity contribution is 5.87. The van der Waals surface area contributed by atoms with E-state index in [9.17, 15) is 19.6 Å². The minimum Gasteiger partial charge on any atom is -0.494 e. The number of nitrogens with zero attached hydrogens (tertiary/aromatic N) is 3. The molecule has 0 fully saturated rings. The van der Waals surface area contributed by atoms with E-state index < -0.39 is 5.56 Å². The van der Waals surface area contributed by atoms with Crippen LogP contribution in [0.2, 0.25) is 0 Å². The Morgan fingerprint density at radius 3 is 2.58 bits per heavy atom. The number of unbranched alkanes of at least 4 members (excludes halogenated alkanes) is 3. The Morgan fingerprint density at radius 2 is 1.96 bits per heavy atom. The molecule has 136 valence electrons. The summed E-state index contributed by atoms with van der Waals surface area (Å²) in [5.41, 5.74) is 0.716. The van der Waals surface area contributed by atoms with Crippen molar-refractivity contribution < 1.29 is 9.50 Å². The summed E-state index contributed by atoms with van der Waals surface area (Å²) in [6.07, 6.45) is 5.20. The lowest BCUT2D eigenvalue weighted by Crippen LogP contribution is -2.25. The highest BCUT2D eigenvalue weighted by atomic mass is 19.1. The van der Waals surface area contributed by atoms with Crippen LogP contribution in [0.1, 0.15) is 49.3 Å². The predicted octanol–water partition coefficient (Wildman–Crippen LogP) is 4.20. The second kappa shape index (κ2) is 8.95. The third-order valence-electron chi connectivity index (χ3n) is 4.25. The van der Waals surface area contributed by atoms with E-state index in [1.165, 1.54) is 35.0 Å². The normalized spacial score (nSPS) is 11.0. The van der Waals surface area contributed by atoms with Crippen molar-refractivity contribution in [3.63, 3.8) is 0 Å². The fraction of sp³-hybridized carbons (Fsp3) is 0.350. The second-order valence-corrected chi connectivity index (χ2v) is 6.10. The van der Waals surface area contributed by atoms with Gasteiger partial charge in [-0.05, 0) is 43.2 Å². The molecule has 0 saturated heterocycles. The van der Waals surface area contributed by atoms with Crippen molar-refractivity contribution in [2.24, 2.45) is 4.99 Å². The Kier molecular flexibility index (Phi) is 6.67. The average molecular weight is 355 g/mol. The number of aromatic hydroxyl groups is 1. The number of aliphatic imine (C=N–C) groups is 1. The fourth-order valence-corrected chi connectivity index (χ4v) is 2.70. The van der Waals surface area contributed by atoms with Crippen LogP contribution in [0, 0.1) is 24.1 Å². The summed E-state index contributed by atoms with van der Waals surface area (Å²) in [6, 6.07) is 7.50. The summed E-state index contributed by atoms with van der Waals surface area (Å²) in [5.74, 6) is -0.566. The Labute approximate surface area is 152 Å². The Bertz CT molecular complexity index is 893. The van der Waals surface area contributed by atoms with Crippen molar-refractivity contribution in [2.75, 3.05) is 0 Å². The van der Waals surface area contributed by atoms with Crippen LogP contribution in [-0.2, 0) is 6.54 Å². The van der Waals surface area contributed by atoms with Gasteiger partial charge in [-0.1, -0.05) is 26.2 Å². The van der Waals surface area contributed by atoms with E-state index in [-0.39, 0.29) is 17.3 Å². The van der Waals surface area contributed by atoms with Crippen LogP contribution in [0.25, 0.3) is 0 Å². The summed E-state index contributed by atoms with van der Waals surface area (Å²) in [7, 11) is 0. The van der Waals surface area contributed by atoms with Crippen molar-refractivity contribution in [3.05, 3.63) is 57.1 Å². The molecule has 0 bridgehead atoms. The zero-order valence-electron chi connectivity index (χ0n) is 15.0. The largest absolute Gasteiger partial charge is 0.494 e. The van der Waals surface area contributed by atoms with E-state index in [0.717, 1.165) is 25.7 Å².